The third kappa shape index (κ3) is 4.35. The zero-order valence-electron chi connectivity index (χ0n) is 17.2. The Balaban J connectivity index is 1.55. The molecular weight excluding hydrogens is 412 g/mol. The highest BCUT2D eigenvalue weighted by Crippen LogP contribution is 2.40. The van der Waals surface area contributed by atoms with E-state index in [1.165, 1.54) is 28.6 Å². The summed E-state index contributed by atoms with van der Waals surface area (Å²) < 4.78 is 0. The quantitative estimate of drug-likeness (QED) is 0.394. The lowest BCUT2D eigenvalue weighted by atomic mass is 9.89. The summed E-state index contributed by atoms with van der Waals surface area (Å²) in [6.07, 6.45) is 5.26. The number of thioether (sulfide) groups is 1. The molecule has 0 bridgehead atoms. The Kier molecular flexibility index (Phi) is 6.35. The summed E-state index contributed by atoms with van der Waals surface area (Å²) in [7, 11) is 0. The van der Waals surface area contributed by atoms with Crippen LogP contribution < -0.4 is 4.90 Å². The molecule has 0 saturated carbocycles. The van der Waals surface area contributed by atoms with Gasteiger partial charge in [-0.3, -0.25) is 4.79 Å². The number of rotatable bonds is 6. The average Bonchev–Trinajstić information content (AvgIpc) is 3.11. The van der Waals surface area contributed by atoms with Gasteiger partial charge in [0.15, 0.2) is 0 Å². The number of nitriles is 1. The molecule has 2 heterocycles. The van der Waals surface area contributed by atoms with E-state index in [1.807, 2.05) is 31.2 Å². The first-order valence-electron chi connectivity index (χ1n) is 10.2. The number of aryl methyl sites for hydroxylation is 2. The summed E-state index contributed by atoms with van der Waals surface area (Å²) in [5, 5.41) is 11.0. The van der Waals surface area contributed by atoms with Crippen molar-refractivity contribution in [1.29, 1.82) is 5.26 Å². The van der Waals surface area contributed by atoms with Crippen LogP contribution in [0.15, 0.2) is 35.6 Å². The molecule has 30 heavy (non-hydrogen) atoms. The molecule has 154 valence electrons. The number of thiophene rings is 1. The molecule has 1 aliphatic rings. The third-order valence-corrected chi connectivity index (χ3v) is 7.62. The minimum Gasteiger partial charge on any atom is -0.311 e. The first-order valence-corrected chi connectivity index (χ1v) is 12.0. The fourth-order valence-corrected chi connectivity index (χ4v) is 6.16. The third-order valence-electron chi connectivity index (χ3n) is 5.48. The van der Waals surface area contributed by atoms with E-state index in [2.05, 4.69) is 23.0 Å². The minimum absolute atomic E-state index is 0.0106. The van der Waals surface area contributed by atoms with Crippen LogP contribution in [0.4, 0.5) is 5.69 Å². The zero-order chi connectivity index (χ0) is 21.1. The highest BCUT2D eigenvalue weighted by atomic mass is 32.2. The predicted octanol–water partition coefficient (Wildman–Crippen LogP) is 5.16. The van der Waals surface area contributed by atoms with Gasteiger partial charge in [0, 0.05) is 22.5 Å². The van der Waals surface area contributed by atoms with E-state index in [9.17, 15) is 4.79 Å². The summed E-state index contributed by atoms with van der Waals surface area (Å²) in [6.45, 7) is 4.71. The van der Waals surface area contributed by atoms with Gasteiger partial charge in [0.1, 0.15) is 16.2 Å². The van der Waals surface area contributed by atoms with Crippen molar-refractivity contribution < 1.29 is 4.79 Å². The second kappa shape index (κ2) is 9.15. The van der Waals surface area contributed by atoms with Crippen LogP contribution >= 0.6 is 23.1 Å². The Morgan fingerprint density at radius 3 is 2.90 bits per heavy atom. The van der Waals surface area contributed by atoms with Crippen molar-refractivity contribution in [2.75, 3.05) is 17.2 Å². The monoisotopic (exact) mass is 436 g/mol. The number of fused-ring (bicyclic) bond motifs is 3. The fourth-order valence-electron chi connectivity index (χ4n) is 3.85. The van der Waals surface area contributed by atoms with Crippen molar-refractivity contribution in [3.63, 3.8) is 0 Å². The van der Waals surface area contributed by atoms with Gasteiger partial charge in [0.25, 0.3) is 0 Å². The number of amides is 1. The number of anilines is 1. The van der Waals surface area contributed by atoms with Crippen molar-refractivity contribution in [2.45, 2.75) is 44.6 Å². The molecule has 0 spiro atoms. The number of carbonyl (C=O) groups excluding carboxylic acids is 1. The van der Waals surface area contributed by atoms with Crippen LogP contribution in [0.3, 0.4) is 0 Å². The number of benzene rings is 1. The van der Waals surface area contributed by atoms with Gasteiger partial charge in [-0.1, -0.05) is 36.4 Å². The van der Waals surface area contributed by atoms with Crippen molar-refractivity contribution >= 4 is 44.9 Å². The number of hydrogen-bond donors (Lipinski definition) is 0. The second-order valence-corrected chi connectivity index (χ2v) is 9.84. The zero-order valence-corrected chi connectivity index (χ0v) is 18.9. The molecule has 1 aromatic carbocycles. The molecule has 1 aliphatic carbocycles. The van der Waals surface area contributed by atoms with E-state index >= 15 is 0 Å². The van der Waals surface area contributed by atoms with Crippen molar-refractivity contribution in [3.8, 4) is 6.07 Å². The Hall–Kier alpha value is -2.43. The molecule has 2 aromatic heterocycles. The van der Waals surface area contributed by atoms with Crippen molar-refractivity contribution in [3.05, 3.63) is 46.6 Å². The molecule has 1 unspecified atom stereocenters. The Bertz CT molecular complexity index is 1100. The average molecular weight is 437 g/mol. The lowest BCUT2D eigenvalue weighted by Crippen LogP contribution is -2.33. The molecule has 5 nitrogen and oxygen atoms in total. The molecular formula is C23H24N4OS2. The molecule has 0 radical (unpaired) electrons. The van der Waals surface area contributed by atoms with E-state index in [4.69, 9.17) is 5.26 Å². The SMILES string of the molecule is Cc1ccc(N(CCC#N)C(=O)CSc2ncnc3sc4c(c23)CCC(C)C4)cc1. The van der Waals surface area contributed by atoms with Crippen molar-refractivity contribution in [1.82, 2.24) is 9.97 Å². The van der Waals surface area contributed by atoms with E-state index in [-0.39, 0.29) is 11.7 Å². The molecule has 4 rings (SSSR count). The first-order chi connectivity index (χ1) is 14.6. The van der Waals surface area contributed by atoms with Crippen LogP contribution in [0.2, 0.25) is 0 Å². The van der Waals surface area contributed by atoms with Gasteiger partial charge < -0.3 is 4.90 Å². The Labute approximate surface area is 185 Å². The lowest BCUT2D eigenvalue weighted by molar-refractivity contribution is -0.116. The van der Waals surface area contributed by atoms with E-state index in [0.717, 1.165) is 39.3 Å². The normalized spacial score (nSPS) is 15.6. The van der Waals surface area contributed by atoms with Gasteiger partial charge in [0.05, 0.1) is 18.2 Å². The number of carbonyl (C=O) groups is 1. The largest absolute Gasteiger partial charge is 0.311 e. The van der Waals surface area contributed by atoms with Gasteiger partial charge in [-0.05, 0) is 49.8 Å². The van der Waals surface area contributed by atoms with E-state index in [0.29, 0.717) is 18.9 Å². The van der Waals surface area contributed by atoms with Gasteiger partial charge in [-0.25, -0.2) is 9.97 Å². The number of aromatic nitrogens is 2. The molecule has 1 amide bonds. The minimum atomic E-state index is -0.0106. The molecule has 0 N–H and O–H groups in total. The first kappa shape index (κ1) is 20.8. The summed E-state index contributed by atoms with van der Waals surface area (Å²) in [6, 6.07) is 10.0. The smallest absolute Gasteiger partial charge is 0.237 e. The summed E-state index contributed by atoms with van der Waals surface area (Å²) in [5.74, 6) is 0.981. The lowest BCUT2D eigenvalue weighted by Gasteiger charge is -2.22. The molecule has 0 fully saturated rings. The maximum absolute atomic E-state index is 13.1. The molecule has 0 saturated heterocycles. The Morgan fingerprint density at radius 2 is 2.13 bits per heavy atom. The molecule has 1 atom stereocenters. The maximum Gasteiger partial charge on any atom is 0.237 e. The van der Waals surface area contributed by atoms with E-state index in [1.54, 1.807) is 22.6 Å². The predicted molar refractivity (Wildman–Crippen MR) is 123 cm³/mol. The number of nitrogens with zero attached hydrogens (tertiary/aromatic N) is 4. The molecule has 7 heteroatoms. The van der Waals surface area contributed by atoms with Gasteiger partial charge in [-0.2, -0.15) is 5.26 Å². The highest BCUT2D eigenvalue weighted by Gasteiger charge is 2.24. The summed E-state index contributed by atoms with van der Waals surface area (Å²) in [5.41, 5.74) is 3.35. The van der Waals surface area contributed by atoms with Gasteiger partial charge >= 0.3 is 0 Å². The topological polar surface area (TPSA) is 69.9 Å². The number of hydrogen-bond acceptors (Lipinski definition) is 6. The fraction of sp³-hybridized carbons (Fsp3) is 0.391. The van der Waals surface area contributed by atoms with Crippen molar-refractivity contribution in [2.24, 2.45) is 5.92 Å². The van der Waals surface area contributed by atoms with Gasteiger partial charge in [0.2, 0.25) is 5.91 Å². The Morgan fingerprint density at radius 1 is 1.33 bits per heavy atom. The van der Waals surface area contributed by atoms with Crippen LogP contribution in [-0.2, 0) is 17.6 Å². The summed E-state index contributed by atoms with van der Waals surface area (Å²) >= 11 is 3.25. The van der Waals surface area contributed by atoms with Crippen LogP contribution in [-0.4, -0.2) is 28.2 Å². The summed E-state index contributed by atoms with van der Waals surface area (Å²) in [4.78, 5) is 26.2. The van der Waals surface area contributed by atoms with Crippen LogP contribution in [0, 0.1) is 24.2 Å². The van der Waals surface area contributed by atoms with Gasteiger partial charge in [-0.15, -0.1) is 11.3 Å². The maximum atomic E-state index is 13.1. The molecule has 3 aromatic rings. The second-order valence-electron chi connectivity index (χ2n) is 7.79. The van der Waals surface area contributed by atoms with Crippen LogP contribution in [0.1, 0.15) is 35.8 Å². The van der Waals surface area contributed by atoms with E-state index < -0.39 is 0 Å². The van der Waals surface area contributed by atoms with Crippen LogP contribution in [0.25, 0.3) is 10.2 Å². The standard InChI is InChI=1S/C23H24N4OS2/c1-15-4-7-17(8-5-15)27(11-3-10-24)20(28)13-29-22-21-18-9-6-16(2)12-19(18)30-23(21)26-14-25-22/h4-5,7-8,14,16H,3,6,9,11-13H2,1-2H3. The molecule has 0 aliphatic heterocycles. The van der Waals surface area contributed by atoms with Crippen LogP contribution in [0.5, 0.6) is 0 Å². The highest BCUT2D eigenvalue weighted by molar-refractivity contribution is 8.00.